The minimum atomic E-state index is -4.36. The van der Waals surface area contributed by atoms with Crippen LogP contribution >= 0.6 is 0 Å². The summed E-state index contributed by atoms with van der Waals surface area (Å²) < 4.78 is 39.3. The van der Waals surface area contributed by atoms with Crippen LogP contribution in [0.2, 0.25) is 0 Å². The topological polar surface area (TPSA) is 46.4 Å². The van der Waals surface area contributed by atoms with Crippen molar-refractivity contribution in [1.29, 1.82) is 0 Å². The van der Waals surface area contributed by atoms with Gasteiger partial charge in [-0.3, -0.25) is 4.79 Å². The van der Waals surface area contributed by atoms with Crippen molar-refractivity contribution < 1.29 is 18.0 Å². The number of halogens is 3. The highest BCUT2D eigenvalue weighted by atomic mass is 19.4. The van der Waals surface area contributed by atoms with Crippen molar-refractivity contribution >= 4 is 11.6 Å². The number of carbonyl (C=O) groups is 1. The first-order valence-corrected chi connectivity index (χ1v) is 7.23. The third kappa shape index (κ3) is 3.24. The van der Waals surface area contributed by atoms with Gasteiger partial charge in [-0.15, -0.1) is 0 Å². The first-order valence-electron chi connectivity index (χ1n) is 7.23. The maximum atomic E-state index is 12.5. The average molecular weight is 333 g/mol. The van der Waals surface area contributed by atoms with Gasteiger partial charge in [0.15, 0.2) is 0 Å². The van der Waals surface area contributed by atoms with Gasteiger partial charge in [0.1, 0.15) is 11.3 Å². The molecule has 0 atom stereocenters. The zero-order valence-corrected chi connectivity index (χ0v) is 12.8. The molecular weight excluding hydrogens is 319 g/mol. The predicted molar refractivity (Wildman–Crippen MR) is 82.5 cm³/mol. The highest BCUT2D eigenvalue weighted by Gasteiger charge is 2.29. The molecule has 0 saturated carbocycles. The van der Waals surface area contributed by atoms with Gasteiger partial charge >= 0.3 is 6.18 Å². The van der Waals surface area contributed by atoms with E-state index in [1.54, 1.807) is 16.7 Å². The van der Waals surface area contributed by atoms with Crippen molar-refractivity contribution in [3.63, 3.8) is 0 Å². The quantitative estimate of drug-likeness (QED) is 0.796. The number of aryl methyl sites for hydroxylation is 1. The van der Waals surface area contributed by atoms with Crippen molar-refractivity contribution in [3.05, 3.63) is 71.2 Å². The summed E-state index contributed by atoms with van der Waals surface area (Å²) >= 11 is 0. The Morgan fingerprint density at radius 2 is 1.88 bits per heavy atom. The molecule has 0 bridgehead atoms. The smallest absolute Gasteiger partial charge is 0.347 e. The third-order valence-electron chi connectivity index (χ3n) is 3.66. The molecule has 0 radical (unpaired) electrons. The van der Waals surface area contributed by atoms with E-state index in [9.17, 15) is 18.0 Å². The van der Waals surface area contributed by atoms with Crippen LogP contribution in [0.4, 0.5) is 13.2 Å². The maximum absolute atomic E-state index is 12.5. The molecule has 2 aromatic heterocycles. The van der Waals surface area contributed by atoms with E-state index in [0.29, 0.717) is 11.2 Å². The number of aromatic nitrogens is 2. The zero-order valence-electron chi connectivity index (χ0n) is 12.8. The molecule has 0 spiro atoms. The summed E-state index contributed by atoms with van der Waals surface area (Å²) in [5, 5.41) is 2.66. The number of rotatable bonds is 3. The second-order valence-electron chi connectivity index (χ2n) is 5.40. The molecule has 0 aliphatic heterocycles. The van der Waals surface area contributed by atoms with Crippen molar-refractivity contribution in [2.75, 3.05) is 0 Å². The highest BCUT2D eigenvalue weighted by molar-refractivity contribution is 5.92. The van der Waals surface area contributed by atoms with E-state index < -0.39 is 11.7 Å². The Kier molecular flexibility index (Phi) is 4.01. The molecule has 124 valence electrons. The Morgan fingerprint density at radius 1 is 1.17 bits per heavy atom. The highest BCUT2D eigenvalue weighted by Crippen LogP contribution is 2.29. The van der Waals surface area contributed by atoms with Crippen molar-refractivity contribution in [2.24, 2.45) is 0 Å². The van der Waals surface area contributed by atoms with E-state index in [0.717, 1.165) is 17.8 Å². The number of hydrogen-bond donors (Lipinski definition) is 1. The van der Waals surface area contributed by atoms with E-state index in [1.165, 1.54) is 12.1 Å². The summed E-state index contributed by atoms with van der Waals surface area (Å²) in [7, 11) is 0. The molecule has 4 nitrogen and oxygen atoms in total. The summed E-state index contributed by atoms with van der Waals surface area (Å²) in [5.41, 5.74) is 1.73. The van der Waals surface area contributed by atoms with E-state index in [2.05, 4.69) is 10.3 Å². The predicted octanol–water partition coefficient (Wildman–Crippen LogP) is 3.59. The Labute approximate surface area is 135 Å². The lowest BCUT2D eigenvalue weighted by Gasteiger charge is -2.08. The summed E-state index contributed by atoms with van der Waals surface area (Å²) in [5.74, 6) is -0.377. The number of amides is 1. The molecule has 0 saturated heterocycles. The Balaban J connectivity index is 1.69. The van der Waals surface area contributed by atoms with Gasteiger partial charge in [0.2, 0.25) is 0 Å². The fraction of sp³-hybridized carbons (Fsp3) is 0.176. The fourth-order valence-electron chi connectivity index (χ4n) is 2.34. The first kappa shape index (κ1) is 16.0. The van der Waals surface area contributed by atoms with E-state index in [1.807, 2.05) is 19.1 Å². The lowest BCUT2D eigenvalue weighted by molar-refractivity contribution is -0.137. The van der Waals surface area contributed by atoms with Crippen LogP contribution in [0.25, 0.3) is 5.65 Å². The molecule has 2 heterocycles. The summed E-state index contributed by atoms with van der Waals surface area (Å²) in [6, 6.07) is 10.2. The van der Waals surface area contributed by atoms with Crippen LogP contribution in [0.1, 0.15) is 27.3 Å². The van der Waals surface area contributed by atoms with Gasteiger partial charge in [0.25, 0.3) is 5.91 Å². The molecule has 0 fully saturated rings. The third-order valence-corrected chi connectivity index (χ3v) is 3.66. The van der Waals surface area contributed by atoms with Crippen molar-refractivity contribution in [2.45, 2.75) is 19.6 Å². The standard InChI is InChI=1S/C17H14F3N3O/c1-11-3-2-4-15-22-14(10-23(11)15)16(24)21-9-12-5-7-13(8-6-12)17(18,19)20/h2-8,10H,9H2,1H3,(H,21,24). The molecule has 3 rings (SSSR count). The van der Waals surface area contributed by atoms with Gasteiger partial charge in [-0.05, 0) is 36.8 Å². The van der Waals surface area contributed by atoms with Gasteiger partial charge in [-0.2, -0.15) is 13.2 Å². The van der Waals surface area contributed by atoms with Crippen LogP contribution in [0.15, 0.2) is 48.7 Å². The first-order chi connectivity index (χ1) is 11.3. The van der Waals surface area contributed by atoms with Crippen LogP contribution < -0.4 is 5.32 Å². The second-order valence-corrected chi connectivity index (χ2v) is 5.40. The van der Waals surface area contributed by atoms with Gasteiger partial charge in [0.05, 0.1) is 5.56 Å². The average Bonchev–Trinajstić information content (AvgIpc) is 2.98. The molecule has 7 heteroatoms. The van der Waals surface area contributed by atoms with Crippen LogP contribution in [-0.4, -0.2) is 15.3 Å². The minimum absolute atomic E-state index is 0.129. The Morgan fingerprint density at radius 3 is 2.50 bits per heavy atom. The number of alkyl halides is 3. The lowest BCUT2D eigenvalue weighted by Crippen LogP contribution is -2.23. The SMILES string of the molecule is Cc1cccc2nc(C(=O)NCc3ccc(C(F)(F)F)cc3)cn12. The van der Waals surface area contributed by atoms with Crippen molar-refractivity contribution in [3.8, 4) is 0 Å². The number of hydrogen-bond acceptors (Lipinski definition) is 2. The summed E-state index contributed by atoms with van der Waals surface area (Å²) in [6.07, 6.45) is -2.73. The minimum Gasteiger partial charge on any atom is -0.347 e. The molecule has 1 N–H and O–H groups in total. The van der Waals surface area contributed by atoms with Gasteiger partial charge < -0.3 is 9.72 Å². The number of nitrogens with zero attached hydrogens (tertiary/aromatic N) is 2. The fourth-order valence-corrected chi connectivity index (χ4v) is 2.34. The van der Waals surface area contributed by atoms with Gasteiger partial charge in [-0.1, -0.05) is 18.2 Å². The maximum Gasteiger partial charge on any atom is 0.416 e. The number of carbonyl (C=O) groups excluding carboxylic acids is 1. The summed E-state index contributed by atoms with van der Waals surface area (Å²) in [4.78, 5) is 16.4. The number of pyridine rings is 1. The van der Waals surface area contributed by atoms with E-state index >= 15 is 0 Å². The van der Waals surface area contributed by atoms with Crippen LogP contribution in [0.3, 0.4) is 0 Å². The van der Waals surface area contributed by atoms with Gasteiger partial charge in [0, 0.05) is 18.4 Å². The lowest BCUT2D eigenvalue weighted by atomic mass is 10.1. The number of benzene rings is 1. The number of nitrogens with one attached hydrogen (secondary N) is 1. The molecule has 3 aromatic rings. The normalized spacial score (nSPS) is 11.7. The van der Waals surface area contributed by atoms with E-state index in [4.69, 9.17) is 0 Å². The molecule has 24 heavy (non-hydrogen) atoms. The van der Waals surface area contributed by atoms with Crippen LogP contribution in [-0.2, 0) is 12.7 Å². The van der Waals surface area contributed by atoms with Crippen LogP contribution in [0, 0.1) is 6.92 Å². The summed E-state index contributed by atoms with van der Waals surface area (Å²) in [6.45, 7) is 2.03. The molecular formula is C17H14F3N3O. The second kappa shape index (κ2) is 5.99. The molecule has 0 unspecified atom stereocenters. The molecule has 0 aliphatic carbocycles. The number of imidazole rings is 1. The Bertz CT molecular complexity index is 882. The monoisotopic (exact) mass is 333 g/mol. The van der Waals surface area contributed by atoms with Crippen LogP contribution in [0.5, 0.6) is 0 Å². The Hall–Kier alpha value is -2.83. The van der Waals surface area contributed by atoms with E-state index in [-0.39, 0.29) is 18.1 Å². The number of fused-ring (bicyclic) bond motifs is 1. The molecule has 0 aliphatic rings. The largest absolute Gasteiger partial charge is 0.416 e. The molecule has 1 aromatic carbocycles. The zero-order chi connectivity index (χ0) is 17.3. The molecule has 1 amide bonds. The van der Waals surface area contributed by atoms with Crippen molar-refractivity contribution in [1.82, 2.24) is 14.7 Å². The van der Waals surface area contributed by atoms with Gasteiger partial charge in [-0.25, -0.2) is 4.98 Å².